The van der Waals surface area contributed by atoms with E-state index in [1.807, 2.05) is 0 Å². The van der Waals surface area contributed by atoms with Crippen LogP contribution in [-0.2, 0) is 6.54 Å². The molecule has 0 saturated heterocycles. The third kappa shape index (κ3) is 3.50. The van der Waals surface area contributed by atoms with Gasteiger partial charge in [-0.25, -0.2) is 4.98 Å². The lowest BCUT2D eigenvalue weighted by Gasteiger charge is -2.07. The minimum absolute atomic E-state index is 0.0460. The van der Waals surface area contributed by atoms with Crippen LogP contribution in [0.4, 0.5) is 11.5 Å². The molecule has 0 radical (unpaired) electrons. The number of rotatable bonds is 5. The Hall–Kier alpha value is -3.03. The molecule has 2 aromatic heterocycles. The summed E-state index contributed by atoms with van der Waals surface area (Å²) in [5.74, 6) is -0.171. The van der Waals surface area contributed by atoms with Gasteiger partial charge in [-0.2, -0.15) is 0 Å². The third-order valence-electron chi connectivity index (χ3n) is 2.74. The molecule has 8 nitrogen and oxygen atoms in total. The van der Waals surface area contributed by atoms with Gasteiger partial charge in [0.2, 0.25) is 0 Å². The summed E-state index contributed by atoms with van der Waals surface area (Å²) >= 11 is 0. The molecule has 0 saturated carbocycles. The van der Waals surface area contributed by atoms with Crippen LogP contribution in [0.3, 0.4) is 0 Å². The molecule has 2 heterocycles. The second-order valence-corrected chi connectivity index (χ2v) is 4.10. The molecule has 0 aliphatic heterocycles. The van der Waals surface area contributed by atoms with Crippen LogP contribution in [0, 0.1) is 10.1 Å². The van der Waals surface area contributed by atoms with Gasteiger partial charge in [-0.3, -0.25) is 19.9 Å². The second-order valence-electron chi connectivity index (χ2n) is 4.10. The lowest BCUT2D eigenvalue weighted by Crippen LogP contribution is -2.24. The van der Waals surface area contributed by atoms with Crippen molar-refractivity contribution in [3.63, 3.8) is 0 Å². The maximum absolute atomic E-state index is 12.1. The van der Waals surface area contributed by atoms with Gasteiger partial charge in [-0.15, -0.1) is 0 Å². The maximum Gasteiger partial charge on any atom is 0.300 e. The van der Waals surface area contributed by atoms with Crippen LogP contribution in [0.15, 0.2) is 36.7 Å². The average Bonchev–Trinajstić information content (AvgIpc) is 2.52. The van der Waals surface area contributed by atoms with E-state index in [1.54, 1.807) is 31.4 Å². The highest BCUT2D eigenvalue weighted by Gasteiger charge is 2.21. The number of nitro groups is 1. The van der Waals surface area contributed by atoms with Crippen LogP contribution in [0.5, 0.6) is 0 Å². The number of aromatic nitrogens is 2. The molecule has 0 unspecified atom stereocenters. The highest BCUT2D eigenvalue weighted by molar-refractivity contribution is 5.98. The Balaban J connectivity index is 2.19. The monoisotopic (exact) mass is 287 g/mol. The van der Waals surface area contributed by atoms with Crippen molar-refractivity contribution >= 4 is 17.4 Å². The van der Waals surface area contributed by atoms with Gasteiger partial charge in [-0.05, 0) is 12.1 Å². The predicted octanol–water partition coefficient (Wildman–Crippen LogP) is 1.36. The number of amides is 1. The van der Waals surface area contributed by atoms with Gasteiger partial charge in [-0.1, -0.05) is 6.07 Å². The third-order valence-corrected chi connectivity index (χ3v) is 2.74. The molecule has 0 fully saturated rings. The normalized spacial score (nSPS) is 9.95. The van der Waals surface area contributed by atoms with E-state index in [2.05, 4.69) is 20.6 Å². The number of pyridine rings is 2. The first-order valence-electron chi connectivity index (χ1n) is 6.12. The Bertz CT molecular complexity index is 660. The van der Waals surface area contributed by atoms with Gasteiger partial charge in [0.05, 0.1) is 17.2 Å². The van der Waals surface area contributed by atoms with Crippen molar-refractivity contribution in [2.45, 2.75) is 6.54 Å². The van der Waals surface area contributed by atoms with Gasteiger partial charge < -0.3 is 10.6 Å². The first-order chi connectivity index (χ1) is 10.1. The Morgan fingerprint density at radius 1 is 1.38 bits per heavy atom. The molecule has 0 atom stereocenters. The molecule has 108 valence electrons. The van der Waals surface area contributed by atoms with Gasteiger partial charge in [0.15, 0.2) is 0 Å². The van der Waals surface area contributed by atoms with E-state index >= 15 is 0 Å². The average molecular weight is 287 g/mol. The standard InChI is InChI=1S/C13H13N5O3/c1-14-12-6-10(11(8-16-12)18(20)21)13(19)17-7-9-4-2-3-5-15-9/h2-6,8H,7H2,1H3,(H,14,16)(H,17,19). The Kier molecular flexibility index (Phi) is 4.39. The highest BCUT2D eigenvalue weighted by atomic mass is 16.6. The molecule has 0 spiro atoms. The van der Waals surface area contributed by atoms with Gasteiger partial charge in [0, 0.05) is 19.3 Å². The predicted molar refractivity (Wildman–Crippen MR) is 75.8 cm³/mol. The summed E-state index contributed by atoms with van der Waals surface area (Å²) in [6, 6.07) is 6.65. The van der Waals surface area contributed by atoms with Crippen molar-refractivity contribution in [3.05, 3.63) is 58.0 Å². The van der Waals surface area contributed by atoms with E-state index in [0.717, 1.165) is 6.20 Å². The molecule has 8 heteroatoms. The molecule has 0 bridgehead atoms. The summed E-state index contributed by atoms with van der Waals surface area (Å²) in [7, 11) is 1.61. The van der Waals surface area contributed by atoms with Crippen molar-refractivity contribution in [2.75, 3.05) is 12.4 Å². The zero-order chi connectivity index (χ0) is 15.2. The largest absolute Gasteiger partial charge is 0.373 e. The maximum atomic E-state index is 12.1. The molecule has 21 heavy (non-hydrogen) atoms. The van der Waals surface area contributed by atoms with Crippen molar-refractivity contribution in [2.24, 2.45) is 0 Å². The SMILES string of the molecule is CNc1cc(C(=O)NCc2ccccn2)c([N+](=O)[O-])cn1. The molecule has 2 aromatic rings. The molecule has 1 amide bonds. The fraction of sp³-hybridized carbons (Fsp3) is 0.154. The zero-order valence-corrected chi connectivity index (χ0v) is 11.2. The van der Waals surface area contributed by atoms with Gasteiger partial charge >= 0.3 is 0 Å². The quantitative estimate of drug-likeness (QED) is 0.634. The molecule has 2 rings (SSSR count). The number of anilines is 1. The second kappa shape index (κ2) is 6.42. The van der Waals surface area contributed by atoms with Crippen LogP contribution < -0.4 is 10.6 Å². The summed E-state index contributed by atoms with van der Waals surface area (Å²) in [4.78, 5) is 30.3. The number of hydrogen-bond acceptors (Lipinski definition) is 6. The van der Waals surface area contributed by atoms with E-state index in [9.17, 15) is 14.9 Å². The fourth-order valence-electron chi connectivity index (χ4n) is 1.68. The number of carbonyl (C=O) groups excluding carboxylic acids is 1. The lowest BCUT2D eigenvalue weighted by atomic mass is 10.2. The molecule has 0 aliphatic carbocycles. The number of nitrogens with zero attached hydrogens (tertiary/aromatic N) is 3. The van der Waals surface area contributed by atoms with E-state index in [1.165, 1.54) is 6.07 Å². The smallest absolute Gasteiger partial charge is 0.300 e. The topological polar surface area (TPSA) is 110 Å². The van der Waals surface area contributed by atoms with Gasteiger partial charge in [0.25, 0.3) is 11.6 Å². The molecule has 0 aliphatic rings. The molecular weight excluding hydrogens is 274 g/mol. The summed E-state index contributed by atoms with van der Waals surface area (Å²) in [5, 5.41) is 16.3. The Labute approximate surface area is 120 Å². The number of hydrogen-bond donors (Lipinski definition) is 2. The minimum Gasteiger partial charge on any atom is -0.373 e. The fourth-order valence-corrected chi connectivity index (χ4v) is 1.68. The van der Waals surface area contributed by atoms with E-state index < -0.39 is 10.8 Å². The molecular formula is C13H13N5O3. The number of nitrogens with one attached hydrogen (secondary N) is 2. The highest BCUT2D eigenvalue weighted by Crippen LogP contribution is 2.20. The van der Waals surface area contributed by atoms with Crippen LogP contribution in [-0.4, -0.2) is 27.8 Å². The zero-order valence-electron chi connectivity index (χ0n) is 11.2. The van der Waals surface area contributed by atoms with Gasteiger partial charge in [0.1, 0.15) is 17.6 Å². The number of carbonyl (C=O) groups is 1. The van der Waals surface area contributed by atoms with Crippen molar-refractivity contribution in [3.8, 4) is 0 Å². The van der Waals surface area contributed by atoms with E-state index in [4.69, 9.17) is 0 Å². The summed E-state index contributed by atoms with van der Waals surface area (Å²) < 4.78 is 0. The minimum atomic E-state index is -0.637. The van der Waals surface area contributed by atoms with E-state index in [0.29, 0.717) is 11.5 Å². The Morgan fingerprint density at radius 3 is 2.81 bits per heavy atom. The lowest BCUT2D eigenvalue weighted by molar-refractivity contribution is -0.385. The Morgan fingerprint density at radius 2 is 2.19 bits per heavy atom. The summed E-state index contributed by atoms with van der Waals surface area (Å²) in [6.45, 7) is 0.189. The van der Waals surface area contributed by atoms with Crippen molar-refractivity contribution < 1.29 is 9.72 Å². The van der Waals surface area contributed by atoms with Crippen LogP contribution in [0.1, 0.15) is 16.1 Å². The first-order valence-corrected chi connectivity index (χ1v) is 6.12. The first kappa shape index (κ1) is 14.4. The van der Waals surface area contributed by atoms with Crippen molar-refractivity contribution in [1.29, 1.82) is 0 Å². The molecule has 2 N–H and O–H groups in total. The molecule has 0 aromatic carbocycles. The summed E-state index contributed by atoms with van der Waals surface area (Å²) in [6.07, 6.45) is 2.66. The van der Waals surface area contributed by atoms with E-state index in [-0.39, 0.29) is 17.8 Å². The van der Waals surface area contributed by atoms with Crippen LogP contribution in [0.25, 0.3) is 0 Å². The van der Waals surface area contributed by atoms with Crippen molar-refractivity contribution in [1.82, 2.24) is 15.3 Å². The van der Waals surface area contributed by atoms with Crippen LogP contribution >= 0.6 is 0 Å². The van der Waals surface area contributed by atoms with Crippen LogP contribution in [0.2, 0.25) is 0 Å². The summed E-state index contributed by atoms with van der Waals surface area (Å²) in [5.41, 5.74) is 0.277.